The molecule has 122 valence electrons. The van der Waals surface area contributed by atoms with Crippen LogP contribution in [0.1, 0.15) is 5.69 Å². The van der Waals surface area contributed by atoms with Crippen LogP contribution in [0.4, 0.5) is 8.78 Å². The first-order chi connectivity index (χ1) is 10.3. The van der Waals surface area contributed by atoms with Crippen molar-refractivity contribution in [3.8, 4) is 0 Å². The van der Waals surface area contributed by atoms with Crippen LogP contribution in [0.2, 0.25) is 25.7 Å². The van der Waals surface area contributed by atoms with Gasteiger partial charge >= 0.3 is 0 Å². The van der Waals surface area contributed by atoms with E-state index in [9.17, 15) is 8.78 Å². The van der Waals surface area contributed by atoms with Crippen LogP contribution < -0.4 is 0 Å². The zero-order chi connectivity index (χ0) is 16.3. The fraction of sp³-hybridized carbons (Fsp3) is 0.533. The summed E-state index contributed by atoms with van der Waals surface area (Å²) in [6.07, 6.45) is 0.251. The Kier molecular flexibility index (Phi) is 5.31. The van der Waals surface area contributed by atoms with Gasteiger partial charge in [-0.2, -0.15) is 5.10 Å². The van der Waals surface area contributed by atoms with Crippen LogP contribution >= 0.6 is 0 Å². The van der Waals surface area contributed by atoms with Crippen molar-refractivity contribution >= 4 is 19.0 Å². The third-order valence-electron chi connectivity index (χ3n) is 3.40. The van der Waals surface area contributed by atoms with Crippen LogP contribution in [0.3, 0.4) is 0 Å². The fourth-order valence-corrected chi connectivity index (χ4v) is 2.97. The topological polar surface area (TPSA) is 47.3 Å². The molecule has 0 atom stereocenters. The summed E-state index contributed by atoms with van der Waals surface area (Å²) in [6.45, 7) is 7.34. The zero-order valence-corrected chi connectivity index (χ0v) is 14.2. The lowest BCUT2D eigenvalue weighted by Crippen LogP contribution is -2.22. The van der Waals surface area contributed by atoms with E-state index < -0.39 is 19.7 Å². The Morgan fingerprint density at radius 2 is 2.00 bits per heavy atom. The predicted molar refractivity (Wildman–Crippen MR) is 84.5 cm³/mol. The van der Waals surface area contributed by atoms with E-state index in [1.807, 2.05) is 0 Å². The van der Waals surface area contributed by atoms with Crippen molar-refractivity contribution in [3.05, 3.63) is 29.5 Å². The van der Waals surface area contributed by atoms with Gasteiger partial charge in [-0.05, 0) is 12.1 Å². The molecule has 0 aliphatic rings. The molecule has 0 saturated heterocycles. The first kappa shape index (κ1) is 17.0. The van der Waals surface area contributed by atoms with Gasteiger partial charge in [-0.3, -0.25) is 0 Å². The van der Waals surface area contributed by atoms with Gasteiger partial charge < -0.3 is 9.84 Å². The Bertz CT molecular complexity index is 653. The molecule has 0 saturated carbocycles. The zero-order valence-electron chi connectivity index (χ0n) is 13.2. The predicted octanol–water partition coefficient (Wildman–Crippen LogP) is 3.16. The molecule has 0 fully saturated rings. The highest BCUT2D eigenvalue weighted by molar-refractivity contribution is 6.76. The van der Waals surface area contributed by atoms with E-state index in [2.05, 4.69) is 24.7 Å². The second kappa shape index (κ2) is 6.85. The molecule has 1 aromatic carbocycles. The lowest BCUT2D eigenvalue weighted by molar-refractivity contribution is 0.0809. The van der Waals surface area contributed by atoms with E-state index in [-0.39, 0.29) is 25.3 Å². The largest absolute Gasteiger partial charge is 0.396 e. The summed E-state index contributed by atoms with van der Waals surface area (Å²) in [5, 5.41) is 13.7. The Labute approximate surface area is 129 Å². The summed E-state index contributed by atoms with van der Waals surface area (Å²) >= 11 is 0. The first-order valence-electron chi connectivity index (χ1n) is 7.35. The van der Waals surface area contributed by atoms with E-state index >= 15 is 0 Å². The molecule has 1 heterocycles. The molecule has 0 amide bonds. The van der Waals surface area contributed by atoms with Crippen LogP contribution in [-0.4, -0.2) is 36.2 Å². The minimum absolute atomic E-state index is 0.120. The number of halogens is 2. The number of hydrogen-bond donors (Lipinski definition) is 1. The summed E-state index contributed by atoms with van der Waals surface area (Å²) in [6, 6.07) is 3.09. The second-order valence-corrected chi connectivity index (χ2v) is 12.2. The number of aliphatic hydroxyl groups excluding tert-OH is 1. The minimum Gasteiger partial charge on any atom is -0.396 e. The molecule has 2 rings (SSSR count). The lowest BCUT2D eigenvalue weighted by Gasteiger charge is -2.15. The van der Waals surface area contributed by atoms with Gasteiger partial charge in [-0.25, -0.2) is 13.5 Å². The van der Waals surface area contributed by atoms with Crippen LogP contribution in [0.15, 0.2) is 12.1 Å². The number of aliphatic hydroxyl groups is 1. The fourth-order valence-electron chi connectivity index (χ4n) is 2.21. The van der Waals surface area contributed by atoms with Crippen LogP contribution in [0.25, 0.3) is 10.9 Å². The molecule has 7 heteroatoms. The first-order valence-corrected chi connectivity index (χ1v) is 11.1. The van der Waals surface area contributed by atoms with Crippen LogP contribution in [0.5, 0.6) is 0 Å². The highest BCUT2D eigenvalue weighted by Gasteiger charge is 2.17. The van der Waals surface area contributed by atoms with Crippen molar-refractivity contribution in [2.75, 3.05) is 13.2 Å². The summed E-state index contributed by atoms with van der Waals surface area (Å²) < 4.78 is 34.4. The lowest BCUT2D eigenvalue weighted by atomic mass is 10.1. The number of rotatable bonds is 7. The van der Waals surface area contributed by atoms with Crippen molar-refractivity contribution < 1.29 is 18.6 Å². The third kappa shape index (κ3) is 4.12. The highest BCUT2D eigenvalue weighted by Crippen LogP contribution is 2.24. The molecule has 0 aliphatic heterocycles. The maximum Gasteiger partial charge on any atom is 0.152 e. The SMILES string of the molecule is C[Si](C)(C)CCOCn1nc(CCO)c2cc(F)cc(F)c21. The van der Waals surface area contributed by atoms with E-state index in [0.717, 1.165) is 12.1 Å². The number of nitrogens with zero attached hydrogens (tertiary/aromatic N) is 2. The molecule has 0 aliphatic carbocycles. The average Bonchev–Trinajstić information content (AvgIpc) is 2.72. The molecule has 0 spiro atoms. The number of fused-ring (bicyclic) bond motifs is 1. The van der Waals surface area contributed by atoms with Gasteiger partial charge in [0, 0.05) is 39.2 Å². The molecule has 22 heavy (non-hydrogen) atoms. The van der Waals surface area contributed by atoms with Crippen molar-refractivity contribution in [1.29, 1.82) is 0 Å². The molecule has 1 aromatic heterocycles. The maximum absolute atomic E-state index is 14.0. The maximum atomic E-state index is 14.0. The Morgan fingerprint density at radius 1 is 1.27 bits per heavy atom. The molecular weight excluding hydrogens is 306 g/mol. The van der Waals surface area contributed by atoms with Crippen molar-refractivity contribution in [2.24, 2.45) is 0 Å². The Morgan fingerprint density at radius 3 is 2.64 bits per heavy atom. The van der Waals surface area contributed by atoms with E-state index in [1.54, 1.807) is 0 Å². The van der Waals surface area contributed by atoms with Gasteiger partial charge in [-0.15, -0.1) is 0 Å². The van der Waals surface area contributed by atoms with Gasteiger partial charge in [0.25, 0.3) is 0 Å². The van der Waals surface area contributed by atoms with E-state index in [1.165, 1.54) is 10.7 Å². The van der Waals surface area contributed by atoms with Gasteiger partial charge in [0.05, 0.1) is 5.69 Å². The summed E-state index contributed by atoms with van der Waals surface area (Å²) in [5.74, 6) is -1.32. The van der Waals surface area contributed by atoms with E-state index in [0.29, 0.717) is 17.7 Å². The van der Waals surface area contributed by atoms with Crippen molar-refractivity contribution in [2.45, 2.75) is 38.8 Å². The summed E-state index contributed by atoms with van der Waals surface area (Å²) in [7, 11) is -1.19. The number of hydrogen-bond acceptors (Lipinski definition) is 3. The number of ether oxygens (including phenoxy) is 1. The quantitative estimate of drug-likeness (QED) is 0.627. The van der Waals surface area contributed by atoms with Crippen molar-refractivity contribution in [3.63, 3.8) is 0 Å². The molecule has 0 unspecified atom stereocenters. The molecule has 2 aromatic rings. The molecule has 0 bridgehead atoms. The standard InChI is InChI=1S/C15H22F2N2O2Si/c1-22(2,3)7-6-21-10-19-15-12(14(18-19)4-5-20)8-11(16)9-13(15)17/h8-9,20H,4-7,10H2,1-3H3. The van der Waals surface area contributed by atoms with Gasteiger partial charge in [-0.1, -0.05) is 19.6 Å². The van der Waals surface area contributed by atoms with Crippen LogP contribution in [0, 0.1) is 11.6 Å². The van der Waals surface area contributed by atoms with Gasteiger partial charge in [0.15, 0.2) is 5.82 Å². The molecular formula is C15H22F2N2O2Si. The monoisotopic (exact) mass is 328 g/mol. The molecule has 1 N–H and O–H groups in total. The Balaban J connectivity index is 2.22. The summed E-state index contributed by atoms with van der Waals surface area (Å²) in [4.78, 5) is 0. The average molecular weight is 328 g/mol. The van der Waals surface area contributed by atoms with Gasteiger partial charge in [0.1, 0.15) is 18.1 Å². The second-order valence-electron chi connectivity index (χ2n) is 6.55. The molecule has 4 nitrogen and oxygen atoms in total. The molecule has 0 radical (unpaired) electrons. The van der Waals surface area contributed by atoms with Crippen molar-refractivity contribution in [1.82, 2.24) is 9.78 Å². The van der Waals surface area contributed by atoms with E-state index in [4.69, 9.17) is 9.84 Å². The normalized spacial score (nSPS) is 12.3. The Hall–Kier alpha value is -1.31. The summed E-state index contributed by atoms with van der Waals surface area (Å²) in [5.41, 5.74) is 0.697. The third-order valence-corrected chi connectivity index (χ3v) is 5.10. The smallest absolute Gasteiger partial charge is 0.152 e. The minimum atomic E-state index is -1.19. The highest BCUT2D eigenvalue weighted by atomic mass is 28.3. The van der Waals surface area contributed by atoms with Gasteiger partial charge in [0.2, 0.25) is 0 Å². The number of aromatic nitrogens is 2. The van der Waals surface area contributed by atoms with Crippen LogP contribution in [-0.2, 0) is 17.9 Å². The number of benzene rings is 1.